The van der Waals surface area contributed by atoms with E-state index in [2.05, 4.69) is 44.1 Å². The average molecular weight is 287 g/mol. The van der Waals surface area contributed by atoms with E-state index in [0.29, 0.717) is 5.92 Å². The number of hydrogen-bond acceptors (Lipinski definition) is 5. The Morgan fingerprint density at radius 3 is 2.95 bits per heavy atom. The summed E-state index contributed by atoms with van der Waals surface area (Å²) < 4.78 is 0. The van der Waals surface area contributed by atoms with E-state index in [1.807, 2.05) is 19.3 Å². The third kappa shape index (κ3) is 2.38. The minimum atomic E-state index is 0.480. The first-order chi connectivity index (χ1) is 9.65. The van der Waals surface area contributed by atoms with Gasteiger partial charge in [0.25, 0.3) is 0 Å². The lowest BCUT2D eigenvalue weighted by molar-refractivity contribution is 0.819. The van der Waals surface area contributed by atoms with Gasteiger partial charge in [-0.2, -0.15) is 0 Å². The van der Waals surface area contributed by atoms with Crippen molar-refractivity contribution in [3.63, 3.8) is 0 Å². The first-order valence-electron chi connectivity index (χ1n) is 6.58. The highest BCUT2D eigenvalue weighted by atomic mass is 32.1. The normalized spacial score (nSPS) is 11.4. The molecule has 104 valence electrons. The van der Waals surface area contributed by atoms with E-state index < -0.39 is 0 Å². The summed E-state index contributed by atoms with van der Waals surface area (Å²) in [5.41, 5.74) is 2.98. The van der Waals surface area contributed by atoms with Gasteiger partial charge in [0.2, 0.25) is 0 Å². The van der Waals surface area contributed by atoms with Crippen molar-refractivity contribution in [1.29, 1.82) is 0 Å². The molecule has 0 aliphatic rings. The summed E-state index contributed by atoms with van der Waals surface area (Å²) >= 11 is 1.72. The molecule has 0 aliphatic heterocycles. The zero-order valence-electron chi connectivity index (χ0n) is 11.8. The minimum Gasteiger partial charge on any atom is -0.357 e. The molecule has 3 aromatic rings. The number of anilines is 1. The quantitative estimate of drug-likeness (QED) is 0.800. The highest BCUT2D eigenvalue weighted by molar-refractivity contribution is 7.09. The molecule has 20 heavy (non-hydrogen) atoms. The molecule has 0 aromatic carbocycles. The van der Waals surface area contributed by atoms with E-state index >= 15 is 0 Å². The van der Waals surface area contributed by atoms with E-state index in [-0.39, 0.29) is 0 Å². The molecule has 0 spiro atoms. The van der Waals surface area contributed by atoms with E-state index in [1.165, 1.54) is 5.01 Å². The molecule has 0 unspecified atom stereocenters. The predicted octanol–water partition coefficient (Wildman–Crippen LogP) is 3.17. The molecule has 0 radical (unpaired) electrons. The summed E-state index contributed by atoms with van der Waals surface area (Å²) in [7, 11) is 2.02. The van der Waals surface area contributed by atoms with Gasteiger partial charge < -0.3 is 9.88 Å². The molecule has 3 rings (SSSR count). The smallest absolute Gasteiger partial charge is 0.156 e. The first kappa shape index (κ1) is 13.1. The van der Waals surface area contributed by atoms with E-state index in [0.717, 1.165) is 29.1 Å². The van der Waals surface area contributed by atoms with Crippen molar-refractivity contribution in [2.75, 3.05) is 11.9 Å². The number of hydrogen-bond donors (Lipinski definition) is 1. The lowest BCUT2D eigenvalue weighted by Crippen LogP contribution is -2.18. The van der Waals surface area contributed by atoms with Crippen LogP contribution in [0.15, 0.2) is 24.0 Å². The topological polar surface area (TPSA) is 57.7 Å². The molecule has 0 amide bonds. The molecule has 6 heteroatoms. The highest BCUT2D eigenvalue weighted by Crippen LogP contribution is 2.23. The number of aromatic nitrogens is 4. The molecule has 0 atom stereocenters. The van der Waals surface area contributed by atoms with Gasteiger partial charge in [-0.25, -0.2) is 15.0 Å². The Morgan fingerprint density at radius 2 is 2.20 bits per heavy atom. The van der Waals surface area contributed by atoms with Gasteiger partial charge in [-0.1, -0.05) is 13.8 Å². The predicted molar refractivity (Wildman–Crippen MR) is 82.2 cm³/mol. The van der Waals surface area contributed by atoms with Crippen molar-refractivity contribution < 1.29 is 0 Å². The van der Waals surface area contributed by atoms with Crippen LogP contribution in [0, 0.1) is 0 Å². The van der Waals surface area contributed by atoms with Crippen molar-refractivity contribution in [2.24, 2.45) is 0 Å². The number of nitrogens with zero attached hydrogens (tertiary/aromatic N) is 4. The van der Waals surface area contributed by atoms with Crippen LogP contribution in [-0.2, 0) is 6.54 Å². The van der Waals surface area contributed by atoms with Gasteiger partial charge >= 0.3 is 0 Å². The molecule has 1 N–H and O–H groups in total. The van der Waals surface area contributed by atoms with Crippen molar-refractivity contribution in [1.82, 2.24) is 19.9 Å². The van der Waals surface area contributed by atoms with Crippen LogP contribution < -0.4 is 4.90 Å². The number of fused-ring (bicyclic) bond motifs is 1. The number of aromatic amines is 1. The second kappa shape index (κ2) is 5.20. The Bertz CT molecular complexity index is 715. The molecule has 3 aromatic heterocycles. The monoisotopic (exact) mass is 287 g/mol. The lowest BCUT2D eigenvalue weighted by Gasteiger charge is -2.17. The number of rotatable bonds is 4. The van der Waals surface area contributed by atoms with E-state index in [4.69, 9.17) is 0 Å². The Labute approximate surface area is 121 Å². The van der Waals surface area contributed by atoms with E-state index in [1.54, 1.807) is 17.7 Å². The lowest BCUT2D eigenvalue weighted by atomic mass is 10.2. The van der Waals surface area contributed by atoms with Gasteiger partial charge in [0.1, 0.15) is 11.8 Å². The van der Waals surface area contributed by atoms with Gasteiger partial charge in [0.15, 0.2) is 5.82 Å². The van der Waals surface area contributed by atoms with Crippen LogP contribution in [0.4, 0.5) is 5.82 Å². The fourth-order valence-electron chi connectivity index (χ4n) is 2.13. The zero-order valence-corrected chi connectivity index (χ0v) is 12.6. The van der Waals surface area contributed by atoms with Gasteiger partial charge in [0.05, 0.1) is 22.8 Å². The van der Waals surface area contributed by atoms with Crippen LogP contribution in [0.1, 0.15) is 30.5 Å². The largest absolute Gasteiger partial charge is 0.357 e. The Morgan fingerprint density at radius 1 is 1.35 bits per heavy atom. The fourth-order valence-corrected chi connectivity index (χ4v) is 2.95. The number of nitrogens with one attached hydrogen (secondary N) is 1. The number of thiazole rings is 1. The second-order valence-corrected chi connectivity index (χ2v) is 6.01. The fraction of sp³-hybridized carbons (Fsp3) is 0.357. The van der Waals surface area contributed by atoms with Crippen LogP contribution in [0.2, 0.25) is 0 Å². The van der Waals surface area contributed by atoms with Crippen LogP contribution in [0.25, 0.3) is 11.0 Å². The molecule has 0 bridgehead atoms. The second-order valence-electron chi connectivity index (χ2n) is 5.12. The summed E-state index contributed by atoms with van der Waals surface area (Å²) in [6.45, 7) is 5.08. The molecule has 0 saturated heterocycles. The minimum absolute atomic E-state index is 0.480. The van der Waals surface area contributed by atoms with Crippen molar-refractivity contribution in [3.8, 4) is 0 Å². The van der Waals surface area contributed by atoms with Gasteiger partial charge in [-0.3, -0.25) is 0 Å². The summed E-state index contributed by atoms with van der Waals surface area (Å²) in [5.74, 6) is 1.38. The van der Waals surface area contributed by atoms with Gasteiger partial charge in [-0.05, 0) is 6.07 Å². The third-order valence-corrected chi connectivity index (χ3v) is 4.34. The van der Waals surface area contributed by atoms with Crippen LogP contribution in [-0.4, -0.2) is 27.0 Å². The summed E-state index contributed by atoms with van der Waals surface area (Å²) in [5, 5.41) is 3.31. The zero-order chi connectivity index (χ0) is 14.1. The average Bonchev–Trinajstić information content (AvgIpc) is 3.05. The number of H-pyrrole nitrogens is 1. The first-order valence-corrected chi connectivity index (χ1v) is 7.46. The third-order valence-electron chi connectivity index (χ3n) is 3.15. The van der Waals surface area contributed by atoms with E-state index in [9.17, 15) is 0 Å². The Kier molecular flexibility index (Phi) is 3.40. The summed E-state index contributed by atoms with van der Waals surface area (Å²) in [4.78, 5) is 18.6. The molecule has 5 nitrogen and oxygen atoms in total. The molecule has 0 saturated carbocycles. The standard InChI is InChI=1S/C14H17N5S/c1-9(2)14-18-10(7-20-14)6-19(3)13-12-11(4-5-15-12)16-8-17-13/h4-5,7-9,15H,6H2,1-3H3. The van der Waals surface area contributed by atoms with Crippen LogP contribution in [0.3, 0.4) is 0 Å². The van der Waals surface area contributed by atoms with Crippen LogP contribution in [0.5, 0.6) is 0 Å². The molecular formula is C14H17N5S. The highest BCUT2D eigenvalue weighted by Gasteiger charge is 2.12. The molecule has 3 heterocycles. The van der Waals surface area contributed by atoms with Crippen molar-refractivity contribution in [3.05, 3.63) is 34.7 Å². The maximum atomic E-state index is 4.67. The maximum Gasteiger partial charge on any atom is 0.156 e. The van der Waals surface area contributed by atoms with Crippen LogP contribution >= 0.6 is 11.3 Å². The van der Waals surface area contributed by atoms with Crippen molar-refractivity contribution >= 4 is 28.2 Å². The van der Waals surface area contributed by atoms with Gasteiger partial charge in [0, 0.05) is 24.5 Å². The summed E-state index contributed by atoms with van der Waals surface area (Å²) in [6.07, 6.45) is 3.49. The molecular weight excluding hydrogens is 270 g/mol. The van der Waals surface area contributed by atoms with Gasteiger partial charge in [-0.15, -0.1) is 11.3 Å². The molecule has 0 fully saturated rings. The maximum absolute atomic E-state index is 4.67. The SMILES string of the molecule is CC(C)c1nc(CN(C)c2ncnc3cc[nH]c23)cs1. The molecule has 0 aliphatic carbocycles. The Hall–Kier alpha value is -1.95. The van der Waals surface area contributed by atoms with Crippen molar-refractivity contribution in [2.45, 2.75) is 26.3 Å². The summed E-state index contributed by atoms with van der Waals surface area (Å²) in [6, 6.07) is 1.95. The Balaban J connectivity index is 1.85.